The molecule has 1 N–H and O–H groups in total. The van der Waals surface area contributed by atoms with Crippen LogP contribution in [0.2, 0.25) is 0 Å². The fraction of sp³-hybridized carbons (Fsp3) is 0.353. The molecular weight excluding hydrogens is 298 g/mol. The molecule has 2 heterocycles. The van der Waals surface area contributed by atoms with Crippen molar-refractivity contribution in [3.63, 3.8) is 0 Å². The Kier molecular flexibility index (Phi) is 4.34. The predicted molar refractivity (Wildman–Crippen MR) is 88.1 cm³/mol. The van der Waals surface area contributed by atoms with E-state index < -0.39 is 0 Å². The number of benzene rings is 1. The van der Waals surface area contributed by atoms with E-state index in [4.69, 9.17) is 9.47 Å². The summed E-state index contributed by atoms with van der Waals surface area (Å²) in [5, 5.41) is 4.91. The highest BCUT2D eigenvalue weighted by molar-refractivity contribution is 7.10. The zero-order chi connectivity index (χ0) is 15.5. The SMILES string of the molecule is CCOc1cc2c(cc1NC(=O)Cc1cccs1)O[C@H](C)C2. The van der Waals surface area contributed by atoms with Crippen LogP contribution in [0.1, 0.15) is 24.3 Å². The highest BCUT2D eigenvalue weighted by Crippen LogP contribution is 2.38. The molecule has 1 aromatic heterocycles. The summed E-state index contributed by atoms with van der Waals surface area (Å²) in [7, 11) is 0. The van der Waals surface area contributed by atoms with Crippen LogP contribution >= 0.6 is 11.3 Å². The second-order valence-electron chi connectivity index (χ2n) is 5.33. The summed E-state index contributed by atoms with van der Waals surface area (Å²) in [6, 6.07) is 7.75. The van der Waals surface area contributed by atoms with E-state index in [2.05, 4.69) is 5.32 Å². The molecule has 0 saturated carbocycles. The molecule has 0 spiro atoms. The highest BCUT2D eigenvalue weighted by atomic mass is 32.1. The lowest BCUT2D eigenvalue weighted by atomic mass is 10.1. The molecule has 1 aliphatic rings. The van der Waals surface area contributed by atoms with E-state index in [0.29, 0.717) is 24.5 Å². The Balaban J connectivity index is 1.79. The third-order valence-corrected chi connectivity index (χ3v) is 4.36. The van der Waals surface area contributed by atoms with Crippen molar-refractivity contribution >= 4 is 22.9 Å². The molecule has 1 atom stereocenters. The number of thiophene rings is 1. The van der Waals surface area contributed by atoms with Gasteiger partial charge in [0.05, 0.1) is 18.7 Å². The van der Waals surface area contributed by atoms with Crippen LogP contribution in [0, 0.1) is 0 Å². The minimum Gasteiger partial charge on any atom is -0.492 e. The molecule has 0 aliphatic carbocycles. The fourth-order valence-electron chi connectivity index (χ4n) is 2.58. The number of carbonyl (C=O) groups excluding carboxylic acids is 1. The summed E-state index contributed by atoms with van der Waals surface area (Å²) >= 11 is 1.58. The van der Waals surface area contributed by atoms with Gasteiger partial charge in [-0.05, 0) is 31.4 Å². The van der Waals surface area contributed by atoms with E-state index in [0.717, 1.165) is 22.6 Å². The first-order chi connectivity index (χ1) is 10.7. The van der Waals surface area contributed by atoms with Crippen molar-refractivity contribution < 1.29 is 14.3 Å². The maximum absolute atomic E-state index is 12.2. The third kappa shape index (κ3) is 3.25. The van der Waals surface area contributed by atoms with Crippen molar-refractivity contribution in [2.45, 2.75) is 32.8 Å². The van der Waals surface area contributed by atoms with Crippen LogP contribution in [0.3, 0.4) is 0 Å². The van der Waals surface area contributed by atoms with E-state index in [-0.39, 0.29) is 12.0 Å². The van der Waals surface area contributed by atoms with Crippen LogP contribution in [-0.2, 0) is 17.6 Å². The van der Waals surface area contributed by atoms with Gasteiger partial charge in [-0.2, -0.15) is 0 Å². The maximum Gasteiger partial charge on any atom is 0.229 e. The number of carbonyl (C=O) groups is 1. The van der Waals surface area contributed by atoms with Crippen LogP contribution in [0.5, 0.6) is 11.5 Å². The summed E-state index contributed by atoms with van der Waals surface area (Å²) in [5.41, 5.74) is 1.81. The summed E-state index contributed by atoms with van der Waals surface area (Å²) in [6.07, 6.45) is 1.41. The van der Waals surface area contributed by atoms with Gasteiger partial charge in [-0.25, -0.2) is 0 Å². The van der Waals surface area contributed by atoms with Crippen molar-refractivity contribution in [2.24, 2.45) is 0 Å². The van der Waals surface area contributed by atoms with Crippen molar-refractivity contribution in [3.05, 3.63) is 40.1 Å². The molecule has 0 radical (unpaired) electrons. The molecule has 3 rings (SSSR count). The van der Waals surface area contributed by atoms with Gasteiger partial charge in [-0.3, -0.25) is 4.79 Å². The second-order valence-corrected chi connectivity index (χ2v) is 6.36. The van der Waals surface area contributed by atoms with E-state index in [9.17, 15) is 4.79 Å². The third-order valence-electron chi connectivity index (χ3n) is 3.49. The molecule has 0 saturated heterocycles. The summed E-state index contributed by atoms with van der Waals surface area (Å²) < 4.78 is 11.4. The van der Waals surface area contributed by atoms with E-state index in [1.165, 1.54) is 0 Å². The first-order valence-corrected chi connectivity index (χ1v) is 8.32. The number of amides is 1. The standard InChI is InChI=1S/C17H19NO3S/c1-3-20-16-8-12-7-11(2)21-15(12)10-14(16)18-17(19)9-13-5-4-6-22-13/h4-6,8,10-11H,3,7,9H2,1-2H3,(H,18,19)/t11-/m1/s1. The van der Waals surface area contributed by atoms with Crippen molar-refractivity contribution in [1.29, 1.82) is 0 Å². The lowest BCUT2D eigenvalue weighted by molar-refractivity contribution is -0.115. The number of ether oxygens (including phenoxy) is 2. The Morgan fingerprint density at radius 2 is 2.36 bits per heavy atom. The number of hydrogen-bond donors (Lipinski definition) is 1. The molecule has 116 valence electrons. The van der Waals surface area contributed by atoms with Crippen LogP contribution in [0.25, 0.3) is 0 Å². The highest BCUT2D eigenvalue weighted by Gasteiger charge is 2.22. The monoisotopic (exact) mass is 317 g/mol. The first kappa shape index (κ1) is 14.9. The molecule has 0 fully saturated rings. The molecule has 1 aromatic carbocycles. The van der Waals surface area contributed by atoms with Gasteiger partial charge in [0.2, 0.25) is 5.91 Å². The largest absolute Gasteiger partial charge is 0.492 e. The molecule has 0 unspecified atom stereocenters. The quantitative estimate of drug-likeness (QED) is 0.915. The fourth-order valence-corrected chi connectivity index (χ4v) is 3.28. The van der Waals surface area contributed by atoms with Crippen LogP contribution < -0.4 is 14.8 Å². The van der Waals surface area contributed by atoms with Crippen LogP contribution in [-0.4, -0.2) is 18.6 Å². The summed E-state index contributed by atoms with van der Waals surface area (Å²) in [4.78, 5) is 13.2. The Morgan fingerprint density at radius 1 is 1.50 bits per heavy atom. The molecular formula is C17H19NO3S. The Morgan fingerprint density at radius 3 is 3.09 bits per heavy atom. The van der Waals surface area contributed by atoms with Gasteiger partial charge in [0, 0.05) is 22.9 Å². The van der Waals surface area contributed by atoms with Crippen molar-refractivity contribution in [2.75, 3.05) is 11.9 Å². The number of anilines is 1. The second kappa shape index (κ2) is 6.40. The zero-order valence-corrected chi connectivity index (χ0v) is 13.5. The summed E-state index contributed by atoms with van der Waals surface area (Å²) in [6.45, 7) is 4.53. The number of nitrogens with one attached hydrogen (secondary N) is 1. The summed E-state index contributed by atoms with van der Waals surface area (Å²) in [5.74, 6) is 1.50. The van der Waals surface area contributed by atoms with Crippen LogP contribution in [0.15, 0.2) is 29.6 Å². The normalized spacial score (nSPS) is 16.0. The van der Waals surface area contributed by atoms with Gasteiger partial charge in [-0.15, -0.1) is 11.3 Å². The molecule has 1 aliphatic heterocycles. The number of rotatable bonds is 5. The smallest absolute Gasteiger partial charge is 0.229 e. The molecule has 0 bridgehead atoms. The van der Waals surface area contributed by atoms with E-state index >= 15 is 0 Å². The Hall–Kier alpha value is -2.01. The van der Waals surface area contributed by atoms with Crippen LogP contribution in [0.4, 0.5) is 5.69 Å². The molecule has 22 heavy (non-hydrogen) atoms. The average molecular weight is 317 g/mol. The lowest BCUT2D eigenvalue weighted by Gasteiger charge is -2.13. The maximum atomic E-state index is 12.2. The number of fused-ring (bicyclic) bond motifs is 1. The minimum absolute atomic E-state index is 0.0469. The minimum atomic E-state index is -0.0469. The molecule has 5 heteroatoms. The lowest BCUT2D eigenvalue weighted by Crippen LogP contribution is -2.14. The Labute approximate surface area is 134 Å². The average Bonchev–Trinajstić information content (AvgIpc) is 3.07. The predicted octanol–water partition coefficient (Wildman–Crippen LogP) is 3.65. The van der Waals surface area contributed by atoms with Gasteiger partial charge < -0.3 is 14.8 Å². The molecule has 4 nitrogen and oxygen atoms in total. The molecule has 1 amide bonds. The van der Waals surface area contributed by atoms with Crippen molar-refractivity contribution in [3.8, 4) is 11.5 Å². The Bertz CT molecular complexity index is 667. The van der Waals surface area contributed by atoms with Crippen molar-refractivity contribution in [1.82, 2.24) is 0 Å². The molecule has 2 aromatic rings. The first-order valence-electron chi connectivity index (χ1n) is 7.44. The van der Waals surface area contributed by atoms with Gasteiger partial charge in [0.1, 0.15) is 17.6 Å². The number of hydrogen-bond acceptors (Lipinski definition) is 4. The van der Waals surface area contributed by atoms with Gasteiger partial charge >= 0.3 is 0 Å². The van der Waals surface area contributed by atoms with Gasteiger partial charge in [0.15, 0.2) is 0 Å². The van der Waals surface area contributed by atoms with E-state index in [1.807, 2.05) is 43.5 Å². The van der Waals surface area contributed by atoms with E-state index in [1.54, 1.807) is 11.3 Å². The van der Waals surface area contributed by atoms with Gasteiger partial charge in [0.25, 0.3) is 0 Å². The zero-order valence-electron chi connectivity index (χ0n) is 12.7. The topological polar surface area (TPSA) is 47.6 Å². The van der Waals surface area contributed by atoms with Gasteiger partial charge in [-0.1, -0.05) is 6.07 Å².